The van der Waals surface area contributed by atoms with Gasteiger partial charge in [-0.25, -0.2) is 0 Å². The van der Waals surface area contributed by atoms with Crippen molar-refractivity contribution in [3.05, 3.63) is 35.9 Å². The van der Waals surface area contributed by atoms with Crippen LogP contribution in [0.3, 0.4) is 0 Å². The summed E-state index contributed by atoms with van der Waals surface area (Å²) in [5.41, 5.74) is 1.21. The molecule has 0 aromatic heterocycles. The van der Waals surface area contributed by atoms with Gasteiger partial charge in [0.05, 0.1) is 11.5 Å². The molecule has 0 aliphatic heterocycles. The zero-order valence-electron chi connectivity index (χ0n) is 13.1. The molecule has 1 saturated carbocycles. The average Bonchev–Trinajstić information content (AvgIpc) is 2.38. The van der Waals surface area contributed by atoms with E-state index in [0.29, 0.717) is 17.4 Å². The lowest BCUT2D eigenvalue weighted by Gasteiger charge is -2.45. The molecule has 0 spiro atoms. The Balaban J connectivity index is 1.92. The Morgan fingerprint density at radius 2 is 1.90 bits per heavy atom. The molecule has 1 aromatic rings. The van der Waals surface area contributed by atoms with Crippen molar-refractivity contribution in [2.75, 3.05) is 6.54 Å². The molecular weight excluding hydrogens is 244 g/mol. The second-order valence-electron chi connectivity index (χ2n) is 7.19. The third-order valence-electron chi connectivity index (χ3n) is 5.14. The van der Waals surface area contributed by atoms with E-state index in [1.54, 1.807) is 0 Å². The van der Waals surface area contributed by atoms with E-state index >= 15 is 0 Å². The number of rotatable bonds is 5. The lowest BCUT2D eigenvalue weighted by Crippen LogP contribution is -2.53. The van der Waals surface area contributed by atoms with Gasteiger partial charge >= 0.3 is 0 Å². The molecule has 0 bridgehead atoms. The molecule has 1 N–H and O–H groups in total. The molecule has 2 rings (SSSR count). The highest BCUT2D eigenvalue weighted by Crippen LogP contribution is 2.43. The highest BCUT2D eigenvalue weighted by atomic mass is 14.9. The Hall–Kier alpha value is -1.33. The SMILES string of the molecule is CC(C)C(C)(C)CNC1CC(C#N)(c2ccccc2)C1. The van der Waals surface area contributed by atoms with Crippen LogP contribution >= 0.6 is 0 Å². The van der Waals surface area contributed by atoms with Crippen molar-refractivity contribution in [2.45, 2.75) is 52.0 Å². The molecule has 0 radical (unpaired) electrons. The molecule has 0 atom stereocenters. The van der Waals surface area contributed by atoms with Crippen LogP contribution in [0.25, 0.3) is 0 Å². The van der Waals surface area contributed by atoms with Gasteiger partial charge in [-0.05, 0) is 29.7 Å². The summed E-state index contributed by atoms with van der Waals surface area (Å²) in [5.74, 6) is 0.657. The molecular formula is C18H26N2. The van der Waals surface area contributed by atoms with Gasteiger partial charge < -0.3 is 5.32 Å². The van der Waals surface area contributed by atoms with E-state index in [2.05, 4.69) is 51.2 Å². The van der Waals surface area contributed by atoms with Gasteiger partial charge in [0.15, 0.2) is 0 Å². The van der Waals surface area contributed by atoms with Crippen LogP contribution in [-0.4, -0.2) is 12.6 Å². The molecule has 0 saturated heterocycles. The predicted octanol–water partition coefficient (Wildman–Crippen LogP) is 3.88. The standard InChI is InChI=1S/C18H26N2/c1-14(2)17(3,4)13-20-16-10-18(11-16,12-19)15-8-6-5-7-9-15/h5-9,14,16,20H,10-11,13H2,1-4H3. The molecule has 1 aromatic carbocycles. The first-order chi connectivity index (χ1) is 9.39. The number of hydrogen-bond acceptors (Lipinski definition) is 2. The summed E-state index contributed by atoms with van der Waals surface area (Å²) in [6.45, 7) is 10.2. The third-order valence-corrected chi connectivity index (χ3v) is 5.14. The van der Waals surface area contributed by atoms with Crippen molar-refractivity contribution in [2.24, 2.45) is 11.3 Å². The number of nitriles is 1. The summed E-state index contributed by atoms with van der Waals surface area (Å²) in [6.07, 6.45) is 1.86. The Labute approximate surface area is 123 Å². The molecule has 0 unspecified atom stereocenters. The topological polar surface area (TPSA) is 35.8 Å². The molecule has 20 heavy (non-hydrogen) atoms. The summed E-state index contributed by atoms with van der Waals surface area (Å²) in [7, 11) is 0. The summed E-state index contributed by atoms with van der Waals surface area (Å²) in [5, 5.41) is 13.2. The highest BCUT2D eigenvalue weighted by Gasteiger charge is 2.46. The molecule has 0 heterocycles. The molecule has 1 fully saturated rings. The van der Waals surface area contributed by atoms with E-state index in [1.807, 2.05) is 18.2 Å². The van der Waals surface area contributed by atoms with E-state index in [0.717, 1.165) is 19.4 Å². The second-order valence-corrected chi connectivity index (χ2v) is 7.19. The molecule has 2 heteroatoms. The van der Waals surface area contributed by atoms with Crippen molar-refractivity contribution >= 4 is 0 Å². The summed E-state index contributed by atoms with van der Waals surface area (Å²) in [6, 6.07) is 13.2. The van der Waals surface area contributed by atoms with Crippen LogP contribution in [-0.2, 0) is 5.41 Å². The molecule has 2 nitrogen and oxygen atoms in total. The van der Waals surface area contributed by atoms with E-state index in [4.69, 9.17) is 0 Å². The van der Waals surface area contributed by atoms with Gasteiger partial charge in [0.2, 0.25) is 0 Å². The lowest BCUT2D eigenvalue weighted by atomic mass is 9.62. The normalized spacial score (nSPS) is 26.1. The molecule has 1 aliphatic rings. The maximum Gasteiger partial charge on any atom is 0.0852 e. The van der Waals surface area contributed by atoms with E-state index in [9.17, 15) is 5.26 Å². The van der Waals surface area contributed by atoms with Crippen molar-refractivity contribution in [1.82, 2.24) is 5.32 Å². The number of nitrogens with zero attached hydrogens (tertiary/aromatic N) is 1. The van der Waals surface area contributed by atoms with Crippen molar-refractivity contribution in [3.8, 4) is 6.07 Å². The largest absolute Gasteiger partial charge is 0.313 e. The summed E-state index contributed by atoms with van der Waals surface area (Å²) < 4.78 is 0. The highest BCUT2D eigenvalue weighted by molar-refractivity contribution is 5.36. The maximum absolute atomic E-state index is 9.55. The van der Waals surface area contributed by atoms with Crippen LogP contribution in [0.15, 0.2) is 30.3 Å². The molecule has 0 amide bonds. The van der Waals surface area contributed by atoms with Crippen LogP contribution < -0.4 is 5.32 Å². The van der Waals surface area contributed by atoms with Gasteiger partial charge in [-0.2, -0.15) is 5.26 Å². The van der Waals surface area contributed by atoms with Crippen LogP contribution in [0, 0.1) is 22.7 Å². The van der Waals surface area contributed by atoms with Gasteiger partial charge in [-0.3, -0.25) is 0 Å². The lowest BCUT2D eigenvalue weighted by molar-refractivity contribution is 0.173. The van der Waals surface area contributed by atoms with Gasteiger partial charge in [0, 0.05) is 12.6 Å². The van der Waals surface area contributed by atoms with E-state index in [1.165, 1.54) is 5.56 Å². The first kappa shape index (κ1) is 15.1. The quantitative estimate of drug-likeness (QED) is 0.881. The smallest absolute Gasteiger partial charge is 0.0852 e. The van der Waals surface area contributed by atoms with Crippen LogP contribution in [0.2, 0.25) is 0 Å². The predicted molar refractivity (Wildman–Crippen MR) is 83.4 cm³/mol. The van der Waals surface area contributed by atoms with Gasteiger partial charge in [-0.15, -0.1) is 0 Å². The van der Waals surface area contributed by atoms with Crippen LogP contribution in [0.1, 0.15) is 46.1 Å². The number of hydrogen-bond donors (Lipinski definition) is 1. The summed E-state index contributed by atoms with van der Waals surface area (Å²) >= 11 is 0. The fourth-order valence-corrected chi connectivity index (χ4v) is 2.69. The minimum atomic E-state index is -0.263. The van der Waals surface area contributed by atoms with Gasteiger partial charge in [-0.1, -0.05) is 58.0 Å². The van der Waals surface area contributed by atoms with Crippen molar-refractivity contribution in [3.63, 3.8) is 0 Å². The fourth-order valence-electron chi connectivity index (χ4n) is 2.69. The average molecular weight is 270 g/mol. The van der Waals surface area contributed by atoms with Gasteiger partial charge in [0.1, 0.15) is 0 Å². The number of benzene rings is 1. The second kappa shape index (κ2) is 5.58. The Kier molecular flexibility index (Phi) is 4.20. The summed E-state index contributed by atoms with van der Waals surface area (Å²) in [4.78, 5) is 0. The van der Waals surface area contributed by atoms with Crippen molar-refractivity contribution in [1.29, 1.82) is 5.26 Å². The fraction of sp³-hybridized carbons (Fsp3) is 0.611. The zero-order chi connectivity index (χ0) is 14.8. The Morgan fingerprint density at radius 1 is 1.30 bits per heavy atom. The monoisotopic (exact) mass is 270 g/mol. The first-order valence-corrected chi connectivity index (χ1v) is 7.60. The molecule has 108 valence electrons. The number of nitrogens with one attached hydrogen (secondary N) is 1. The van der Waals surface area contributed by atoms with E-state index in [-0.39, 0.29) is 5.41 Å². The van der Waals surface area contributed by atoms with Crippen LogP contribution in [0.4, 0.5) is 0 Å². The minimum absolute atomic E-state index is 0.263. The Morgan fingerprint density at radius 3 is 2.40 bits per heavy atom. The minimum Gasteiger partial charge on any atom is -0.313 e. The van der Waals surface area contributed by atoms with Gasteiger partial charge in [0.25, 0.3) is 0 Å². The zero-order valence-corrected chi connectivity index (χ0v) is 13.1. The van der Waals surface area contributed by atoms with Crippen molar-refractivity contribution < 1.29 is 0 Å². The molecule has 1 aliphatic carbocycles. The van der Waals surface area contributed by atoms with E-state index < -0.39 is 0 Å². The Bertz CT molecular complexity index is 476. The third kappa shape index (κ3) is 2.88. The maximum atomic E-state index is 9.55. The first-order valence-electron chi connectivity index (χ1n) is 7.60. The van der Waals surface area contributed by atoms with Crippen LogP contribution in [0.5, 0.6) is 0 Å².